The molecule has 0 unspecified atom stereocenters. The lowest BCUT2D eigenvalue weighted by Crippen LogP contribution is -1.93. The summed E-state index contributed by atoms with van der Waals surface area (Å²) >= 11 is 1.43. The van der Waals surface area contributed by atoms with Gasteiger partial charge in [-0.2, -0.15) is 0 Å². The topological polar surface area (TPSA) is 64.9 Å². The van der Waals surface area contributed by atoms with Crippen LogP contribution in [0, 0.1) is 5.82 Å². The van der Waals surface area contributed by atoms with Crippen molar-refractivity contribution in [2.24, 2.45) is 0 Å². The van der Waals surface area contributed by atoms with Gasteiger partial charge in [-0.1, -0.05) is 17.8 Å². The number of pyridine rings is 1. The van der Waals surface area contributed by atoms with Crippen molar-refractivity contribution in [3.8, 4) is 11.3 Å². The standard InChI is InChI=1S/C15H12FN3OS/c16-11-6-4-10(5-7-11)13-8-18-15(20-13)21-9-12-2-1-3-14(17)19-12/h1-8H,9H2,(H2,17,19). The quantitative estimate of drug-likeness (QED) is 0.743. The van der Waals surface area contributed by atoms with E-state index in [-0.39, 0.29) is 5.82 Å². The molecular weight excluding hydrogens is 289 g/mol. The summed E-state index contributed by atoms with van der Waals surface area (Å²) in [5, 5.41) is 0.540. The number of hydrogen-bond acceptors (Lipinski definition) is 5. The number of rotatable bonds is 4. The monoisotopic (exact) mass is 301 g/mol. The van der Waals surface area contributed by atoms with Gasteiger partial charge in [0.05, 0.1) is 11.9 Å². The zero-order chi connectivity index (χ0) is 14.7. The van der Waals surface area contributed by atoms with Crippen molar-refractivity contribution in [1.29, 1.82) is 0 Å². The highest BCUT2D eigenvalue weighted by Crippen LogP contribution is 2.27. The van der Waals surface area contributed by atoms with Gasteiger partial charge in [-0.25, -0.2) is 14.4 Å². The highest BCUT2D eigenvalue weighted by molar-refractivity contribution is 7.98. The zero-order valence-corrected chi connectivity index (χ0v) is 11.8. The van der Waals surface area contributed by atoms with E-state index in [9.17, 15) is 4.39 Å². The zero-order valence-electron chi connectivity index (χ0n) is 11.0. The molecule has 21 heavy (non-hydrogen) atoms. The van der Waals surface area contributed by atoms with Crippen LogP contribution < -0.4 is 5.73 Å². The summed E-state index contributed by atoms with van der Waals surface area (Å²) in [6, 6.07) is 11.6. The van der Waals surface area contributed by atoms with Crippen molar-refractivity contribution in [3.63, 3.8) is 0 Å². The van der Waals surface area contributed by atoms with E-state index in [0.717, 1.165) is 11.3 Å². The Labute approximate surface area is 125 Å². The second-order valence-corrected chi connectivity index (χ2v) is 5.27. The smallest absolute Gasteiger partial charge is 0.256 e. The van der Waals surface area contributed by atoms with Gasteiger partial charge in [-0.15, -0.1) is 0 Å². The predicted molar refractivity (Wildman–Crippen MR) is 80.1 cm³/mol. The second-order valence-electron chi connectivity index (χ2n) is 4.34. The first-order valence-electron chi connectivity index (χ1n) is 6.27. The predicted octanol–water partition coefficient (Wildman–Crippen LogP) is 3.75. The lowest BCUT2D eigenvalue weighted by atomic mass is 10.2. The molecule has 0 amide bonds. The molecule has 0 atom stereocenters. The molecule has 2 aromatic heterocycles. The molecule has 2 heterocycles. The third kappa shape index (κ3) is 3.41. The first kappa shape index (κ1) is 13.6. The third-order valence-electron chi connectivity index (χ3n) is 2.79. The van der Waals surface area contributed by atoms with Crippen LogP contribution in [-0.4, -0.2) is 9.97 Å². The van der Waals surface area contributed by atoms with E-state index in [1.807, 2.05) is 12.1 Å². The lowest BCUT2D eigenvalue weighted by Gasteiger charge is -1.99. The molecule has 0 saturated carbocycles. The maximum Gasteiger partial charge on any atom is 0.256 e. The fourth-order valence-electron chi connectivity index (χ4n) is 1.79. The van der Waals surface area contributed by atoms with Crippen molar-refractivity contribution < 1.29 is 8.81 Å². The fraction of sp³-hybridized carbons (Fsp3) is 0.0667. The van der Waals surface area contributed by atoms with Crippen LogP contribution in [0.4, 0.5) is 10.2 Å². The van der Waals surface area contributed by atoms with E-state index in [4.69, 9.17) is 10.2 Å². The van der Waals surface area contributed by atoms with Gasteiger partial charge in [-0.05, 0) is 36.4 Å². The normalized spacial score (nSPS) is 10.7. The molecule has 0 fully saturated rings. The molecule has 106 valence electrons. The molecule has 4 nitrogen and oxygen atoms in total. The molecule has 2 N–H and O–H groups in total. The van der Waals surface area contributed by atoms with Crippen LogP contribution in [0.1, 0.15) is 5.69 Å². The van der Waals surface area contributed by atoms with Gasteiger partial charge >= 0.3 is 0 Å². The van der Waals surface area contributed by atoms with Crippen molar-refractivity contribution in [2.75, 3.05) is 5.73 Å². The molecule has 0 aliphatic rings. The summed E-state index contributed by atoms with van der Waals surface area (Å²) in [6.45, 7) is 0. The van der Waals surface area contributed by atoms with Crippen LogP contribution in [0.25, 0.3) is 11.3 Å². The number of nitrogens with zero attached hydrogens (tertiary/aromatic N) is 2. The van der Waals surface area contributed by atoms with E-state index in [2.05, 4.69) is 9.97 Å². The van der Waals surface area contributed by atoms with Crippen LogP contribution >= 0.6 is 11.8 Å². The molecule has 0 aliphatic carbocycles. The molecule has 0 aliphatic heterocycles. The van der Waals surface area contributed by atoms with Gasteiger partial charge in [0.1, 0.15) is 11.6 Å². The second kappa shape index (κ2) is 5.97. The summed E-state index contributed by atoms with van der Waals surface area (Å²) in [6.07, 6.45) is 1.63. The van der Waals surface area contributed by atoms with E-state index in [1.54, 1.807) is 24.4 Å². The molecule has 1 aromatic carbocycles. The largest absolute Gasteiger partial charge is 0.431 e. The van der Waals surface area contributed by atoms with Crippen molar-refractivity contribution >= 4 is 17.6 Å². The number of thioether (sulfide) groups is 1. The number of nitrogen functional groups attached to an aromatic ring is 1. The van der Waals surface area contributed by atoms with Crippen LogP contribution in [-0.2, 0) is 5.75 Å². The Morgan fingerprint density at radius 2 is 1.95 bits per heavy atom. The fourth-order valence-corrected chi connectivity index (χ4v) is 2.49. The minimum Gasteiger partial charge on any atom is -0.431 e. The molecule has 3 aromatic rings. The van der Waals surface area contributed by atoms with Crippen LogP contribution in [0.2, 0.25) is 0 Å². The Bertz CT molecular complexity index is 743. The number of oxazole rings is 1. The number of hydrogen-bond donors (Lipinski definition) is 1. The first-order valence-corrected chi connectivity index (χ1v) is 7.25. The van der Waals surface area contributed by atoms with E-state index in [0.29, 0.717) is 22.6 Å². The summed E-state index contributed by atoms with van der Waals surface area (Å²) in [5.41, 5.74) is 7.28. The summed E-state index contributed by atoms with van der Waals surface area (Å²) in [4.78, 5) is 8.40. The van der Waals surface area contributed by atoms with Crippen molar-refractivity contribution in [1.82, 2.24) is 9.97 Å². The van der Waals surface area contributed by atoms with Crippen LogP contribution in [0.3, 0.4) is 0 Å². The molecule has 0 spiro atoms. The molecule has 0 saturated heterocycles. The Kier molecular flexibility index (Phi) is 3.87. The summed E-state index contributed by atoms with van der Waals surface area (Å²) in [7, 11) is 0. The highest BCUT2D eigenvalue weighted by atomic mass is 32.2. The van der Waals surface area contributed by atoms with E-state index in [1.165, 1.54) is 23.9 Å². The average molecular weight is 301 g/mol. The molecule has 0 bridgehead atoms. The molecule has 6 heteroatoms. The third-order valence-corrected chi connectivity index (χ3v) is 3.66. The number of halogens is 1. The summed E-state index contributed by atoms with van der Waals surface area (Å²) in [5.74, 6) is 1.44. The van der Waals surface area contributed by atoms with Crippen LogP contribution in [0.5, 0.6) is 0 Å². The lowest BCUT2D eigenvalue weighted by molar-refractivity contribution is 0.466. The van der Waals surface area contributed by atoms with Crippen LogP contribution in [0.15, 0.2) is 58.3 Å². The minimum atomic E-state index is -0.277. The van der Waals surface area contributed by atoms with E-state index >= 15 is 0 Å². The molecule has 3 rings (SSSR count). The molecule has 0 radical (unpaired) electrons. The number of aromatic nitrogens is 2. The maximum absolute atomic E-state index is 12.9. The van der Waals surface area contributed by atoms with Gasteiger partial charge in [-0.3, -0.25) is 0 Å². The molecular formula is C15H12FN3OS. The SMILES string of the molecule is Nc1cccc(CSc2ncc(-c3ccc(F)cc3)o2)n1. The Morgan fingerprint density at radius 1 is 1.14 bits per heavy atom. The number of benzene rings is 1. The Hall–Kier alpha value is -2.34. The first-order chi connectivity index (χ1) is 10.2. The maximum atomic E-state index is 12.9. The average Bonchev–Trinajstić information content (AvgIpc) is 2.95. The Balaban J connectivity index is 1.69. The summed E-state index contributed by atoms with van der Waals surface area (Å²) < 4.78 is 18.5. The number of nitrogens with two attached hydrogens (primary N) is 1. The Morgan fingerprint density at radius 3 is 2.71 bits per heavy atom. The van der Waals surface area contributed by atoms with Gasteiger partial charge in [0.25, 0.3) is 5.22 Å². The van der Waals surface area contributed by atoms with E-state index < -0.39 is 0 Å². The minimum absolute atomic E-state index is 0.277. The van der Waals surface area contributed by atoms with Crippen molar-refractivity contribution in [3.05, 3.63) is 60.2 Å². The highest BCUT2D eigenvalue weighted by Gasteiger charge is 2.08. The van der Waals surface area contributed by atoms with Gasteiger partial charge in [0, 0.05) is 11.3 Å². The van der Waals surface area contributed by atoms with Gasteiger partial charge in [0.15, 0.2) is 5.76 Å². The van der Waals surface area contributed by atoms with Gasteiger partial charge in [0.2, 0.25) is 0 Å². The van der Waals surface area contributed by atoms with Crippen molar-refractivity contribution in [2.45, 2.75) is 11.0 Å². The number of anilines is 1. The van der Waals surface area contributed by atoms with Gasteiger partial charge < -0.3 is 10.2 Å².